The minimum absolute atomic E-state index is 0.0736. The number of ketones is 1. The molecule has 0 bridgehead atoms. The molecule has 31 heavy (non-hydrogen) atoms. The molecule has 2 aromatic carbocycles. The predicted molar refractivity (Wildman–Crippen MR) is 116 cm³/mol. The van der Waals surface area contributed by atoms with Gasteiger partial charge in [0.2, 0.25) is 0 Å². The average Bonchev–Trinajstić information content (AvgIpc) is 2.69. The number of nitrogens with one attached hydrogen (secondary N) is 2. The van der Waals surface area contributed by atoms with Crippen LogP contribution in [0.2, 0.25) is 10.0 Å². The van der Waals surface area contributed by atoms with Crippen molar-refractivity contribution in [1.29, 1.82) is 0 Å². The molecule has 1 amide bonds. The number of hydrogen-bond acceptors (Lipinski definition) is 3. The summed E-state index contributed by atoms with van der Waals surface area (Å²) in [5, 5.41) is 6.41. The molecule has 2 aromatic rings. The summed E-state index contributed by atoms with van der Waals surface area (Å²) >= 11 is 12.5. The van der Waals surface area contributed by atoms with Crippen LogP contribution in [-0.4, -0.2) is 11.7 Å². The van der Waals surface area contributed by atoms with Crippen LogP contribution in [0.1, 0.15) is 37.7 Å². The molecule has 0 aromatic heterocycles. The van der Waals surface area contributed by atoms with E-state index in [1.807, 2.05) is 0 Å². The Morgan fingerprint density at radius 3 is 2.61 bits per heavy atom. The molecule has 8 heteroatoms. The van der Waals surface area contributed by atoms with E-state index in [4.69, 9.17) is 23.2 Å². The van der Waals surface area contributed by atoms with E-state index in [-0.39, 0.29) is 17.0 Å². The summed E-state index contributed by atoms with van der Waals surface area (Å²) in [6.07, 6.45) is 1.74. The molecular weight excluding hydrogens is 445 g/mol. The van der Waals surface area contributed by atoms with Crippen molar-refractivity contribution in [2.45, 2.75) is 32.1 Å². The number of amides is 1. The minimum atomic E-state index is -0.898. The van der Waals surface area contributed by atoms with E-state index in [2.05, 4.69) is 10.6 Å². The van der Waals surface area contributed by atoms with Crippen LogP contribution in [0.15, 0.2) is 58.9 Å². The summed E-state index contributed by atoms with van der Waals surface area (Å²) in [5.41, 5.74) is 2.40. The summed E-state index contributed by atoms with van der Waals surface area (Å²) in [4.78, 5) is 26.2. The molecule has 1 unspecified atom stereocenters. The molecule has 1 atom stereocenters. The molecule has 2 aliphatic rings. The Labute approximate surface area is 187 Å². The van der Waals surface area contributed by atoms with Crippen molar-refractivity contribution in [3.63, 3.8) is 0 Å². The third-order valence-corrected chi connectivity index (χ3v) is 6.04. The van der Waals surface area contributed by atoms with Gasteiger partial charge in [0.25, 0.3) is 5.91 Å². The predicted octanol–water partition coefficient (Wildman–Crippen LogP) is 5.88. The van der Waals surface area contributed by atoms with Crippen LogP contribution >= 0.6 is 23.2 Å². The van der Waals surface area contributed by atoms with Crippen LogP contribution in [-0.2, 0) is 9.59 Å². The molecular formula is C23H18Cl2F2N2O2. The summed E-state index contributed by atoms with van der Waals surface area (Å²) < 4.78 is 27.4. The molecule has 1 aliphatic heterocycles. The zero-order valence-electron chi connectivity index (χ0n) is 16.5. The molecule has 0 saturated carbocycles. The second kappa shape index (κ2) is 8.44. The van der Waals surface area contributed by atoms with Crippen molar-refractivity contribution in [3.8, 4) is 0 Å². The minimum Gasteiger partial charge on any atom is -0.362 e. The smallest absolute Gasteiger partial charge is 0.254 e. The Balaban J connectivity index is 1.82. The maximum atomic E-state index is 14.1. The van der Waals surface area contributed by atoms with Gasteiger partial charge in [-0.25, -0.2) is 8.78 Å². The number of hydrogen-bond donors (Lipinski definition) is 2. The Morgan fingerprint density at radius 1 is 1.13 bits per heavy atom. The summed E-state index contributed by atoms with van der Waals surface area (Å²) in [7, 11) is 0. The first kappa shape index (κ1) is 21.5. The van der Waals surface area contributed by atoms with E-state index in [0.29, 0.717) is 52.2 Å². The van der Waals surface area contributed by atoms with Gasteiger partial charge in [0.1, 0.15) is 11.6 Å². The summed E-state index contributed by atoms with van der Waals surface area (Å²) in [5.74, 6) is -3.08. The molecule has 4 rings (SSSR count). The van der Waals surface area contributed by atoms with E-state index in [9.17, 15) is 18.4 Å². The van der Waals surface area contributed by atoms with E-state index < -0.39 is 23.5 Å². The van der Waals surface area contributed by atoms with Gasteiger partial charge < -0.3 is 10.6 Å². The number of Topliss-reactive ketones (excluding diaryl/α,β-unsaturated/α-hetero) is 1. The average molecular weight is 463 g/mol. The van der Waals surface area contributed by atoms with Crippen LogP contribution in [0.3, 0.4) is 0 Å². The topological polar surface area (TPSA) is 58.2 Å². The quantitative estimate of drug-likeness (QED) is 0.598. The molecule has 0 spiro atoms. The lowest BCUT2D eigenvalue weighted by Gasteiger charge is -2.35. The van der Waals surface area contributed by atoms with E-state index >= 15 is 0 Å². The van der Waals surface area contributed by atoms with Crippen LogP contribution < -0.4 is 10.6 Å². The van der Waals surface area contributed by atoms with Crippen molar-refractivity contribution in [1.82, 2.24) is 5.32 Å². The zero-order valence-corrected chi connectivity index (χ0v) is 18.0. The van der Waals surface area contributed by atoms with Gasteiger partial charge in [0.05, 0.1) is 5.69 Å². The van der Waals surface area contributed by atoms with Crippen LogP contribution in [0.4, 0.5) is 14.5 Å². The molecule has 2 N–H and O–H groups in total. The monoisotopic (exact) mass is 462 g/mol. The van der Waals surface area contributed by atoms with Crippen LogP contribution in [0.25, 0.3) is 0 Å². The van der Waals surface area contributed by atoms with Crippen molar-refractivity contribution >= 4 is 40.6 Å². The Morgan fingerprint density at radius 2 is 1.90 bits per heavy atom. The molecule has 1 aliphatic carbocycles. The number of rotatable bonds is 3. The fourth-order valence-electron chi connectivity index (χ4n) is 4.11. The van der Waals surface area contributed by atoms with Gasteiger partial charge in [-0.1, -0.05) is 29.3 Å². The normalized spacial score (nSPS) is 18.6. The number of carbonyl (C=O) groups is 2. The number of allylic oxidation sites excluding steroid dienone is 3. The second-order valence-corrected chi connectivity index (χ2v) is 8.35. The third kappa shape index (κ3) is 4.10. The van der Waals surface area contributed by atoms with E-state index in [1.165, 1.54) is 0 Å². The summed E-state index contributed by atoms with van der Waals surface area (Å²) in [6.45, 7) is 1.72. The van der Waals surface area contributed by atoms with Crippen LogP contribution in [0.5, 0.6) is 0 Å². The molecule has 4 nitrogen and oxygen atoms in total. The number of benzene rings is 2. The second-order valence-electron chi connectivity index (χ2n) is 7.51. The number of dihydropyridines is 1. The fourth-order valence-corrected chi connectivity index (χ4v) is 4.63. The number of anilines is 1. The summed E-state index contributed by atoms with van der Waals surface area (Å²) in [6, 6.07) is 7.77. The lowest BCUT2D eigenvalue weighted by molar-refractivity contribution is -0.116. The Hall–Kier alpha value is -2.70. The number of carbonyl (C=O) groups excluding carboxylic acids is 2. The third-order valence-electron chi connectivity index (χ3n) is 5.47. The van der Waals surface area contributed by atoms with Crippen molar-refractivity contribution < 1.29 is 18.4 Å². The van der Waals surface area contributed by atoms with Gasteiger partial charge in [-0.05, 0) is 49.6 Å². The zero-order chi connectivity index (χ0) is 22.3. The molecule has 1 heterocycles. The standard InChI is InChI=1S/C23H18Cl2F2N2O2/c1-11-20(23(31)29-17-8-6-13(26)10-16(17)27)21(14-7-5-12(24)9-15(14)25)22-18(28-11)3-2-4-19(22)30/h5-10,21,28H,2-4H2,1H3,(H,29,31). The Kier molecular flexibility index (Phi) is 5.86. The maximum absolute atomic E-state index is 14.1. The molecule has 0 radical (unpaired) electrons. The first-order valence-electron chi connectivity index (χ1n) is 9.71. The van der Waals surface area contributed by atoms with Crippen LogP contribution in [0, 0.1) is 11.6 Å². The largest absolute Gasteiger partial charge is 0.362 e. The van der Waals surface area contributed by atoms with Gasteiger partial charge in [-0.2, -0.15) is 0 Å². The van der Waals surface area contributed by atoms with Gasteiger partial charge >= 0.3 is 0 Å². The van der Waals surface area contributed by atoms with Gasteiger partial charge in [-0.15, -0.1) is 0 Å². The Bertz CT molecular complexity index is 1170. The highest BCUT2D eigenvalue weighted by molar-refractivity contribution is 6.35. The number of halogens is 4. The molecule has 0 saturated heterocycles. The maximum Gasteiger partial charge on any atom is 0.254 e. The highest BCUT2D eigenvalue weighted by Gasteiger charge is 2.39. The van der Waals surface area contributed by atoms with Gasteiger partial charge in [0, 0.05) is 51.0 Å². The lowest BCUT2D eigenvalue weighted by Crippen LogP contribution is -2.35. The highest BCUT2D eigenvalue weighted by atomic mass is 35.5. The lowest BCUT2D eigenvalue weighted by atomic mass is 9.75. The first-order chi connectivity index (χ1) is 14.8. The van der Waals surface area contributed by atoms with Gasteiger partial charge in [-0.3, -0.25) is 9.59 Å². The fraction of sp³-hybridized carbons (Fsp3) is 0.217. The molecule has 0 fully saturated rings. The van der Waals surface area contributed by atoms with E-state index in [0.717, 1.165) is 17.8 Å². The molecule has 160 valence electrons. The van der Waals surface area contributed by atoms with Crippen molar-refractivity contribution in [3.05, 3.63) is 86.2 Å². The highest BCUT2D eigenvalue weighted by Crippen LogP contribution is 2.45. The first-order valence-corrected chi connectivity index (χ1v) is 10.5. The SMILES string of the molecule is CC1=C(C(=O)Nc2ccc(F)cc2F)C(c2ccc(Cl)cc2Cl)C2=C(CCCC2=O)N1. The van der Waals surface area contributed by atoms with Gasteiger partial charge in [0.15, 0.2) is 5.78 Å². The van der Waals surface area contributed by atoms with Crippen molar-refractivity contribution in [2.75, 3.05) is 5.32 Å². The van der Waals surface area contributed by atoms with E-state index in [1.54, 1.807) is 25.1 Å². The van der Waals surface area contributed by atoms with Crippen molar-refractivity contribution in [2.24, 2.45) is 0 Å².